The molecule has 1 aliphatic carbocycles. The van der Waals surface area contributed by atoms with E-state index < -0.39 is 0 Å². The second-order valence-corrected chi connectivity index (χ2v) is 4.52. The molecule has 0 radical (unpaired) electrons. The van der Waals surface area contributed by atoms with Crippen molar-refractivity contribution in [3.8, 4) is 0 Å². The molecule has 1 aliphatic rings. The van der Waals surface area contributed by atoms with Crippen LogP contribution in [-0.4, -0.2) is 37.6 Å². The zero-order valence-electron chi connectivity index (χ0n) is 9.89. The van der Waals surface area contributed by atoms with Crippen LogP contribution >= 0.6 is 0 Å². The highest BCUT2D eigenvalue weighted by atomic mass is 15.1. The first-order valence-electron chi connectivity index (χ1n) is 6.25. The molecule has 0 heterocycles. The molecule has 0 aromatic heterocycles. The van der Waals surface area contributed by atoms with Gasteiger partial charge in [0.2, 0.25) is 0 Å². The summed E-state index contributed by atoms with van der Waals surface area (Å²) in [6.45, 7) is 5.84. The van der Waals surface area contributed by atoms with E-state index in [0.717, 1.165) is 12.6 Å². The monoisotopic (exact) mass is 198 g/mol. The first-order chi connectivity index (χ1) is 6.84. The molecule has 0 bridgehead atoms. The van der Waals surface area contributed by atoms with Gasteiger partial charge in [-0.1, -0.05) is 26.2 Å². The van der Waals surface area contributed by atoms with Crippen molar-refractivity contribution in [3.05, 3.63) is 0 Å². The minimum atomic E-state index is 0.896. The maximum absolute atomic E-state index is 3.51. The van der Waals surface area contributed by atoms with Crippen molar-refractivity contribution in [1.82, 2.24) is 10.2 Å². The summed E-state index contributed by atoms with van der Waals surface area (Å²) in [5.41, 5.74) is 0. The van der Waals surface area contributed by atoms with E-state index in [4.69, 9.17) is 0 Å². The van der Waals surface area contributed by atoms with Crippen LogP contribution in [-0.2, 0) is 0 Å². The van der Waals surface area contributed by atoms with Crippen LogP contribution in [0.25, 0.3) is 0 Å². The quantitative estimate of drug-likeness (QED) is 0.602. The van der Waals surface area contributed by atoms with Crippen LogP contribution in [0.2, 0.25) is 0 Å². The van der Waals surface area contributed by atoms with Crippen LogP contribution in [0, 0.1) is 0 Å². The Morgan fingerprint density at radius 2 is 2.00 bits per heavy atom. The van der Waals surface area contributed by atoms with Gasteiger partial charge in [0.25, 0.3) is 0 Å². The molecule has 0 amide bonds. The number of nitrogens with zero attached hydrogens (tertiary/aromatic N) is 1. The Morgan fingerprint density at radius 3 is 2.57 bits per heavy atom. The highest BCUT2D eigenvalue weighted by Crippen LogP contribution is 2.22. The number of hydrogen-bond donors (Lipinski definition) is 1. The van der Waals surface area contributed by atoms with Crippen LogP contribution in [0.1, 0.15) is 45.4 Å². The first kappa shape index (κ1) is 12.0. The number of unbranched alkanes of at least 4 members (excludes halogenated alkanes) is 2. The molecule has 1 N–H and O–H groups in total. The van der Waals surface area contributed by atoms with Crippen molar-refractivity contribution in [1.29, 1.82) is 0 Å². The predicted octanol–water partition coefficient (Wildman–Crippen LogP) is 2.25. The lowest BCUT2D eigenvalue weighted by molar-refractivity contribution is 0.160. The van der Waals surface area contributed by atoms with E-state index >= 15 is 0 Å². The molecule has 0 aliphatic heterocycles. The van der Waals surface area contributed by atoms with Crippen molar-refractivity contribution < 1.29 is 0 Å². The predicted molar refractivity (Wildman–Crippen MR) is 62.7 cm³/mol. The third kappa shape index (κ3) is 4.43. The second kappa shape index (κ2) is 7.24. The van der Waals surface area contributed by atoms with Crippen LogP contribution in [0.5, 0.6) is 0 Å². The molecule has 0 saturated heterocycles. The normalized spacial score (nSPS) is 17.4. The topological polar surface area (TPSA) is 15.3 Å². The second-order valence-electron chi connectivity index (χ2n) is 4.52. The fourth-order valence-corrected chi connectivity index (χ4v) is 1.89. The maximum atomic E-state index is 3.51. The molecule has 84 valence electrons. The Bertz CT molecular complexity index is 132. The fourth-order valence-electron chi connectivity index (χ4n) is 1.89. The summed E-state index contributed by atoms with van der Waals surface area (Å²) in [5.74, 6) is 0. The molecule has 0 aromatic rings. The third-order valence-electron chi connectivity index (χ3n) is 3.30. The molecule has 2 heteroatoms. The van der Waals surface area contributed by atoms with E-state index in [1.807, 2.05) is 0 Å². The van der Waals surface area contributed by atoms with Gasteiger partial charge >= 0.3 is 0 Å². The molecule has 1 fully saturated rings. The van der Waals surface area contributed by atoms with Gasteiger partial charge in [-0.15, -0.1) is 0 Å². The Morgan fingerprint density at radius 1 is 1.21 bits per heavy atom. The van der Waals surface area contributed by atoms with Gasteiger partial charge in [0.15, 0.2) is 0 Å². The van der Waals surface area contributed by atoms with Crippen LogP contribution in [0.4, 0.5) is 0 Å². The summed E-state index contributed by atoms with van der Waals surface area (Å²) in [5, 5.41) is 3.51. The molecule has 2 nitrogen and oxygen atoms in total. The highest BCUT2D eigenvalue weighted by Gasteiger charge is 2.20. The van der Waals surface area contributed by atoms with Crippen molar-refractivity contribution >= 4 is 0 Å². The van der Waals surface area contributed by atoms with Gasteiger partial charge in [-0.3, -0.25) is 0 Å². The molecular formula is C12H26N2. The van der Waals surface area contributed by atoms with Gasteiger partial charge < -0.3 is 10.2 Å². The summed E-state index contributed by atoms with van der Waals surface area (Å²) < 4.78 is 0. The zero-order valence-corrected chi connectivity index (χ0v) is 9.89. The smallest absolute Gasteiger partial charge is 0.0107 e. The van der Waals surface area contributed by atoms with Crippen molar-refractivity contribution in [2.75, 3.05) is 26.7 Å². The Kier molecular flexibility index (Phi) is 6.20. The molecule has 0 unspecified atom stereocenters. The molecule has 1 rings (SSSR count). The molecule has 1 saturated carbocycles. The lowest BCUT2D eigenvalue weighted by Crippen LogP contribution is -2.40. The fraction of sp³-hybridized carbons (Fsp3) is 1.00. The molecule has 0 spiro atoms. The lowest BCUT2D eigenvalue weighted by Gasteiger charge is -2.34. The van der Waals surface area contributed by atoms with E-state index in [1.165, 1.54) is 51.6 Å². The summed E-state index contributed by atoms with van der Waals surface area (Å²) in [6.07, 6.45) is 8.32. The standard InChI is InChI=1S/C12H26N2/c1-3-4-5-9-13-10-11-14(2)12-7-6-8-12/h12-13H,3-11H2,1-2H3. The molecule has 0 atom stereocenters. The van der Waals surface area contributed by atoms with Gasteiger partial charge in [-0.25, -0.2) is 0 Å². The van der Waals surface area contributed by atoms with E-state index in [0.29, 0.717) is 0 Å². The van der Waals surface area contributed by atoms with Gasteiger partial charge in [-0.05, 0) is 32.9 Å². The molecule has 14 heavy (non-hydrogen) atoms. The number of likely N-dealkylation sites (N-methyl/N-ethyl adjacent to an activating group) is 1. The Balaban J connectivity index is 1.82. The summed E-state index contributed by atoms with van der Waals surface area (Å²) in [6, 6.07) is 0.896. The highest BCUT2D eigenvalue weighted by molar-refractivity contribution is 4.77. The Hall–Kier alpha value is -0.0800. The van der Waals surface area contributed by atoms with E-state index in [2.05, 4.69) is 24.2 Å². The van der Waals surface area contributed by atoms with Gasteiger partial charge in [-0.2, -0.15) is 0 Å². The third-order valence-corrected chi connectivity index (χ3v) is 3.30. The average Bonchev–Trinajstić information content (AvgIpc) is 2.08. The van der Waals surface area contributed by atoms with Gasteiger partial charge in [0.05, 0.1) is 0 Å². The van der Waals surface area contributed by atoms with Crippen molar-refractivity contribution in [3.63, 3.8) is 0 Å². The number of hydrogen-bond acceptors (Lipinski definition) is 2. The average molecular weight is 198 g/mol. The summed E-state index contributed by atoms with van der Waals surface area (Å²) in [7, 11) is 2.26. The van der Waals surface area contributed by atoms with E-state index in [9.17, 15) is 0 Å². The van der Waals surface area contributed by atoms with Crippen LogP contribution in [0.15, 0.2) is 0 Å². The first-order valence-corrected chi connectivity index (χ1v) is 6.25. The SMILES string of the molecule is CCCCCNCCN(C)C1CCC1. The van der Waals surface area contributed by atoms with Gasteiger partial charge in [0.1, 0.15) is 0 Å². The van der Waals surface area contributed by atoms with E-state index in [1.54, 1.807) is 0 Å². The minimum absolute atomic E-state index is 0.896. The zero-order chi connectivity index (χ0) is 10.2. The van der Waals surface area contributed by atoms with Crippen LogP contribution < -0.4 is 5.32 Å². The lowest BCUT2D eigenvalue weighted by atomic mass is 9.92. The van der Waals surface area contributed by atoms with Gasteiger partial charge in [0, 0.05) is 19.1 Å². The number of rotatable bonds is 8. The Labute approximate surface area is 89.1 Å². The minimum Gasteiger partial charge on any atom is -0.315 e. The van der Waals surface area contributed by atoms with Crippen molar-refractivity contribution in [2.24, 2.45) is 0 Å². The summed E-state index contributed by atoms with van der Waals surface area (Å²) >= 11 is 0. The van der Waals surface area contributed by atoms with Crippen LogP contribution in [0.3, 0.4) is 0 Å². The summed E-state index contributed by atoms with van der Waals surface area (Å²) in [4.78, 5) is 2.51. The largest absolute Gasteiger partial charge is 0.315 e. The number of nitrogens with one attached hydrogen (secondary N) is 1. The molecular weight excluding hydrogens is 172 g/mol. The van der Waals surface area contributed by atoms with E-state index in [-0.39, 0.29) is 0 Å². The maximum Gasteiger partial charge on any atom is 0.0107 e. The van der Waals surface area contributed by atoms with Crippen molar-refractivity contribution in [2.45, 2.75) is 51.5 Å². The molecule has 0 aromatic carbocycles.